The van der Waals surface area contributed by atoms with E-state index in [9.17, 15) is 4.79 Å². The molecule has 2 aliphatic carbocycles. The van der Waals surface area contributed by atoms with Gasteiger partial charge in [-0.25, -0.2) is 9.97 Å². The molecule has 0 aromatic carbocycles. The van der Waals surface area contributed by atoms with E-state index in [1.54, 1.807) is 17.7 Å². The molecule has 1 amide bonds. The summed E-state index contributed by atoms with van der Waals surface area (Å²) in [5, 5.41) is 1.06. The molecule has 6 nitrogen and oxygen atoms in total. The smallest absolute Gasteiger partial charge is 0.264 e. The number of amides is 1. The molecular weight excluding hydrogens is 358 g/mol. The van der Waals surface area contributed by atoms with Gasteiger partial charge in [0.1, 0.15) is 17.8 Å². The summed E-state index contributed by atoms with van der Waals surface area (Å²) in [6, 6.07) is 4.19. The molecule has 4 heterocycles. The van der Waals surface area contributed by atoms with E-state index in [4.69, 9.17) is 0 Å². The van der Waals surface area contributed by atoms with Crippen molar-refractivity contribution in [3.63, 3.8) is 0 Å². The van der Waals surface area contributed by atoms with Gasteiger partial charge in [-0.1, -0.05) is 0 Å². The van der Waals surface area contributed by atoms with Gasteiger partial charge in [0.25, 0.3) is 5.91 Å². The maximum absolute atomic E-state index is 13.3. The van der Waals surface area contributed by atoms with E-state index in [2.05, 4.69) is 30.8 Å². The minimum Gasteiger partial charge on any atom is -0.352 e. The van der Waals surface area contributed by atoms with Crippen LogP contribution in [0.15, 0.2) is 24.7 Å². The molecule has 3 aromatic rings. The number of nitrogens with one attached hydrogen (secondary N) is 1. The van der Waals surface area contributed by atoms with Crippen molar-refractivity contribution in [3.05, 3.63) is 40.0 Å². The molecule has 1 N–H and O–H groups in total. The van der Waals surface area contributed by atoms with Crippen molar-refractivity contribution in [2.75, 3.05) is 24.5 Å². The number of carbonyl (C=O) groups excluding carboxylic acids is 1. The van der Waals surface area contributed by atoms with Gasteiger partial charge in [0, 0.05) is 30.7 Å². The van der Waals surface area contributed by atoms with Crippen LogP contribution < -0.4 is 4.90 Å². The lowest BCUT2D eigenvalue weighted by atomic mass is 10.1. The van der Waals surface area contributed by atoms with E-state index in [-0.39, 0.29) is 11.4 Å². The van der Waals surface area contributed by atoms with Crippen LogP contribution in [0.3, 0.4) is 0 Å². The van der Waals surface area contributed by atoms with Crippen molar-refractivity contribution in [1.82, 2.24) is 19.9 Å². The SMILES string of the molecule is O=C(c1cc2c(s1)CCC2)N1CCN(c2ncnc3[nH]ccc23)CC12CC2. The number of aromatic amines is 1. The summed E-state index contributed by atoms with van der Waals surface area (Å²) in [5.41, 5.74) is 2.26. The molecular formula is C20H21N5OS. The number of fused-ring (bicyclic) bond motifs is 2. The van der Waals surface area contributed by atoms with Crippen LogP contribution in [-0.4, -0.2) is 50.9 Å². The van der Waals surface area contributed by atoms with Crippen LogP contribution in [0.1, 0.15) is 39.4 Å². The average Bonchev–Trinajstić information content (AvgIpc) is 3.09. The lowest BCUT2D eigenvalue weighted by molar-refractivity contribution is 0.0629. The number of nitrogens with zero attached hydrogens (tertiary/aromatic N) is 4. The first-order chi connectivity index (χ1) is 13.2. The maximum atomic E-state index is 13.3. The van der Waals surface area contributed by atoms with Gasteiger partial charge in [0.2, 0.25) is 0 Å². The van der Waals surface area contributed by atoms with E-state index in [1.165, 1.54) is 16.9 Å². The lowest BCUT2D eigenvalue weighted by Crippen LogP contribution is -2.57. The third kappa shape index (κ3) is 2.34. The molecule has 6 rings (SSSR count). The summed E-state index contributed by atoms with van der Waals surface area (Å²) in [6.07, 6.45) is 9.23. The van der Waals surface area contributed by atoms with Gasteiger partial charge in [-0.05, 0) is 49.8 Å². The minimum absolute atomic E-state index is 0.0165. The van der Waals surface area contributed by atoms with Crippen molar-refractivity contribution >= 4 is 34.1 Å². The Morgan fingerprint density at radius 1 is 1.22 bits per heavy atom. The summed E-state index contributed by atoms with van der Waals surface area (Å²) in [6.45, 7) is 2.44. The van der Waals surface area contributed by atoms with Crippen LogP contribution in [0.2, 0.25) is 0 Å². The normalized spacial score (nSPS) is 20.4. The van der Waals surface area contributed by atoms with Gasteiger partial charge in [-0.2, -0.15) is 0 Å². The molecule has 0 radical (unpaired) electrons. The lowest BCUT2D eigenvalue weighted by Gasteiger charge is -2.42. The average molecular weight is 379 g/mol. The topological polar surface area (TPSA) is 65.1 Å². The zero-order valence-electron chi connectivity index (χ0n) is 15.1. The standard InChI is InChI=1S/C20H21N5OS/c26-19(16-10-13-2-1-3-15(13)27-16)25-9-8-24(11-20(25)5-6-20)18-14-4-7-21-17(14)22-12-23-18/h4,7,10,12H,1-3,5-6,8-9,11H2,(H,21,22,23). The van der Waals surface area contributed by atoms with Gasteiger partial charge >= 0.3 is 0 Å². The molecule has 1 aliphatic heterocycles. The quantitative estimate of drug-likeness (QED) is 0.743. The number of carbonyl (C=O) groups is 1. The fourth-order valence-electron chi connectivity index (χ4n) is 4.73. The molecule has 0 bridgehead atoms. The predicted octanol–water partition coefficient (Wildman–Crippen LogP) is 3.00. The number of piperazine rings is 1. The fraction of sp³-hybridized carbons (Fsp3) is 0.450. The van der Waals surface area contributed by atoms with E-state index in [1.807, 2.05) is 12.3 Å². The van der Waals surface area contributed by atoms with Gasteiger partial charge in [0.05, 0.1) is 15.8 Å². The fourth-order valence-corrected chi connectivity index (χ4v) is 5.93. The predicted molar refractivity (Wildman–Crippen MR) is 105 cm³/mol. The van der Waals surface area contributed by atoms with Gasteiger partial charge in [0.15, 0.2) is 0 Å². The number of rotatable bonds is 2. The number of thiophene rings is 1. The highest BCUT2D eigenvalue weighted by Crippen LogP contribution is 2.46. The van der Waals surface area contributed by atoms with Crippen molar-refractivity contribution < 1.29 is 4.79 Å². The van der Waals surface area contributed by atoms with E-state index in [0.29, 0.717) is 0 Å². The van der Waals surface area contributed by atoms with Crippen molar-refractivity contribution in [2.45, 2.75) is 37.6 Å². The third-order valence-corrected chi connectivity index (χ3v) is 7.54. The summed E-state index contributed by atoms with van der Waals surface area (Å²) >= 11 is 1.72. The summed E-state index contributed by atoms with van der Waals surface area (Å²) in [7, 11) is 0. The first-order valence-corrected chi connectivity index (χ1v) is 10.5. The zero-order chi connectivity index (χ0) is 18.0. The maximum Gasteiger partial charge on any atom is 0.264 e. The third-order valence-electron chi connectivity index (χ3n) is 6.31. The largest absolute Gasteiger partial charge is 0.352 e. The highest BCUT2D eigenvalue weighted by atomic mass is 32.1. The number of hydrogen-bond donors (Lipinski definition) is 1. The first kappa shape index (κ1) is 15.6. The Balaban J connectivity index is 1.28. The summed E-state index contributed by atoms with van der Waals surface area (Å²) in [4.78, 5) is 32.1. The molecule has 1 spiro atoms. The molecule has 3 aliphatic rings. The molecule has 7 heteroatoms. The monoisotopic (exact) mass is 379 g/mol. The number of hydrogen-bond acceptors (Lipinski definition) is 5. The van der Waals surface area contributed by atoms with E-state index in [0.717, 1.165) is 67.0 Å². The molecule has 0 atom stereocenters. The Labute approximate surface area is 161 Å². The van der Waals surface area contributed by atoms with Crippen molar-refractivity contribution in [1.29, 1.82) is 0 Å². The molecule has 0 unspecified atom stereocenters. The van der Waals surface area contributed by atoms with Gasteiger partial charge in [-0.3, -0.25) is 4.79 Å². The van der Waals surface area contributed by atoms with E-state index >= 15 is 0 Å². The number of anilines is 1. The molecule has 1 saturated heterocycles. The van der Waals surface area contributed by atoms with Crippen molar-refractivity contribution in [3.8, 4) is 0 Å². The van der Waals surface area contributed by atoms with Crippen LogP contribution in [0.25, 0.3) is 11.0 Å². The highest BCUT2D eigenvalue weighted by Gasteiger charge is 2.53. The van der Waals surface area contributed by atoms with Gasteiger partial charge < -0.3 is 14.8 Å². The second-order valence-corrected chi connectivity index (χ2v) is 9.09. The Hall–Kier alpha value is -2.41. The summed E-state index contributed by atoms with van der Waals surface area (Å²) in [5.74, 6) is 1.22. The second-order valence-electron chi connectivity index (χ2n) is 7.95. The minimum atomic E-state index is -0.0165. The zero-order valence-corrected chi connectivity index (χ0v) is 15.9. The molecule has 138 valence electrons. The van der Waals surface area contributed by atoms with E-state index < -0.39 is 0 Å². The number of aromatic nitrogens is 3. The van der Waals surface area contributed by atoms with Crippen LogP contribution in [0.4, 0.5) is 5.82 Å². The molecule has 27 heavy (non-hydrogen) atoms. The Morgan fingerprint density at radius 2 is 2.15 bits per heavy atom. The number of aryl methyl sites for hydroxylation is 2. The summed E-state index contributed by atoms with van der Waals surface area (Å²) < 4.78 is 0. The van der Waals surface area contributed by atoms with Crippen LogP contribution >= 0.6 is 11.3 Å². The molecule has 2 fully saturated rings. The first-order valence-electron chi connectivity index (χ1n) is 9.70. The Kier molecular flexibility index (Phi) is 3.21. The van der Waals surface area contributed by atoms with Crippen molar-refractivity contribution in [2.24, 2.45) is 0 Å². The van der Waals surface area contributed by atoms with Crippen LogP contribution in [0, 0.1) is 0 Å². The molecule has 3 aromatic heterocycles. The molecule has 1 saturated carbocycles. The number of H-pyrrole nitrogens is 1. The van der Waals surface area contributed by atoms with Crippen LogP contribution in [0.5, 0.6) is 0 Å². The van der Waals surface area contributed by atoms with Crippen LogP contribution in [-0.2, 0) is 12.8 Å². The Bertz CT molecular complexity index is 1030. The Morgan fingerprint density at radius 3 is 3.00 bits per heavy atom. The highest BCUT2D eigenvalue weighted by molar-refractivity contribution is 7.14. The van der Waals surface area contributed by atoms with Gasteiger partial charge in [-0.15, -0.1) is 11.3 Å². The second kappa shape index (κ2) is 5.55.